The highest BCUT2D eigenvalue weighted by molar-refractivity contribution is 6.15. The molecule has 1 aliphatic rings. The summed E-state index contributed by atoms with van der Waals surface area (Å²) in [5.74, 6) is -5.78. The third kappa shape index (κ3) is 6.91. The van der Waals surface area contributed by atoms with Crippen LogP contribution in [0, 0.1) is 5.53 Å². The van der Waals surface area contributed by atoms with E-state index in [0.29, 0.717) is 21.6 Å². The smallest absolute Gasteiger partial charge is 0.363 e. The maximum Gasteiger partial charge on any atom is 0.363 e. The fourth-order valence-electron chi connectivity index (χ4n) is 4.98. The molecule has 232 valence electrons. The molecular formula is C31H30N6O8. The van der Waals surface area contributed by atoms with Crippen LogP contribution in [0.3, 0.4) is 0 Å². The van der Waals surface area contributed by atoms with E-state index in [1.54, 1.807) is 60.7 Å². The standard InChI is InChI=1S/C31H30N6O8/c1-19(38)26(36(23-10-6-3-7-11-23)27(41)24(32)16-25(39)40)28(42)45-37-29(43)31(35-30(37)44,17-20-8-4-2-5-9-20)22-14-12-21(13-15-22)18-34-33/h2-15,24,26,33H,16-18,32H2,1H3,(H,35,44)(H,39,40)/t24-,26-,31+/m0/s1. The van der Waals surface area contributed by atoms with Gasteiger partial charge in [0.15, 0.2) is 17.4 Å². The Hall–Kier alpha value is -5.76. The molecule has 1 saturated heterocycles. The number of carbonyl (C=O) groups is 6. The van der Waals surface area contributed by atoms with E-state index in [0.717, 1.165) is 6.92 Å². The van der Waals surface area contributed by atoms with Crippen LogP contribution in [0.15, 0.2) is 90.0 Å². The number of carboxylic acid groups (broad SMARTS) is 1. The third-order valence-corrected chi connectivity index (χ3v) is 7.11. The van der Waals surface area contributed by atoms with E-state index in [1.807, 2.05) is 0 Å². The molecule has 3 aromatic carbocycles. The molecule has 1 heterocycles. The van der Waals surface area contributed by atoms with E-state index in [9.17, 15) is 28.8 Å². The van der Waals surface area contributed by atoms with Crippen LogP contribution in [0.1, 0.15) is 30.0 Å². The van der Waals surface area contributed by atoms with E-state index in [1.165, 1.54) is 24.3 Å². The molecule has 0 radical (unpaired) electrons. The van der Waals surface area contributed by atoms with Crippen LogP contribution in [0.5, 0.6) is 0 Å². The minimum Gasteiger partial charge on any atom is -0.481 e. The van der Waals surface area contributed by atoms with Gasteiger partial charge in [0.2, 0.25) is 5.91 Å². The first-order valence-electron chi connectivity index (χ1n) is 13.7. The molecule has 0 aliphatic carbocycles. The second-order valence-electron chi connectivity index (χ2n) is 10.3. The van der Waals surface area contributed by atoms with Crippen LogP contribution in [-0.4, -0.2) is 57.8 Å². The van der Waals surface area contributed by atoms with Crippen LogP contribution in [0.2, 0.25) is 0 Å². The zero-order valence-corrected chi connectivity index (χ0v) is 24.1. The number of nitrogens with zero attached hydrogens (tertiary/aromatic N) is 3. The molecule has 3 aromatic rings. The van der Waals surface area contributed by atoms with E-state index in [-0.39, 0.29) is 23.7 Å². The Bertz CT molecular complexity index is 1620. The number of ketones is 1. The number of rotatable bonds is 13. The summed E-state index contributed by atoms with van der Waals surface area (Å²) in [5.41, 5.74) is 12.9. The second kappa shape index (κ2) is 13.7. The van der Waals surface area contributed by atoms with E-state index in [4.69, 9.17) is 21.2 Å². The van der Waals surface area contributed by atoms with Crippen molar-refractivity contribution in [1.29, 1.82) is 5.53 Å². The lowest BCUT2D eigenvalue weighted by molar-refractivity contribution is -0.186. The summed E-state index contributed by atoms with van der Waals surface area (Å²) < 4.78 is 0. The average molecular weight is 615 g/mol. The molecule has 0 saturated carbocycles. The maximum absolute atomic E-state index is 14.1. The number of hydrogen-bond donors (Lipinski definition) is 4. The number of imide groups is 1. The van der Waals surface area contributed by atoms with Gasteiger partial charge in [-0.05, 0) is 35.7 Å². The molecule has 4 amide bonds. The number of anilines is 1. The van der Waals surface area contributed by atoms with Crippen molar-refractivity contribution in [2.75, 3.05) is 4.90 Å². The van der Waals surface area contributed by atoms with Gasteiger partial charge >= 0.3 is 18.0 Å². The molecule has 0 aromatic heterocycles. The van der Waals surface area contributed by atoms with Crippen molar-refractivity contribution in [3.05, 3.63) is 102 Å². The number of aliphatic carboxylic acids is 1. The molecule has 14 heteroatoms. The monoisotopic (exact) mass is 614 g/mol. The lowest BCUT2D eigenvalue weighted by atomic mass is 9.83. The van der Waals surface area contributed by atoms with Crippen LogP contribution >= 0.6 is 0 Å². The van der Waals surface area contributed by atoms with E-state index < -0.39 is 59.6 Å². The summed E-state index contributed by atoms with van der Waals surface area (Å²) in [6.45, 7) is 1.10. The van der Waals surface area contributed by atoms with Gasteiger partial charge in [-0.3, -0.25) is 24.1 Å². The third-order valence-electron chi connectivity index (χ3n) is 7.11. The molecule has 0 unspecified atom stereocenters. The first-order valence-corrected chi connectivity index (χ1v) is 13.7. The van der Waals surface area contributed by atoms with Crippen molar-refractivity contribution < 1.29 is 38.7 Å². The molecule has 0 bridgehead atoms. The summed E-state index contributed by atoms with van der Waals surface area (Å²) in [4.78, 5) is 84.4. The van der Waals surface area contributed by atoms with Gasteiger partial charge in [-0.2, -0.15) is 5.11 Å². The zero-order chi connectivity index (χ0) is 32.7. The summed E-state index contributed by atoms with van der Waals surface area (Å²) in [5, 5.41) is 15.4. The Kier molecular flexibility index (Phi) is 9.78. The molecule has 1 fully saturated rings. The van der Waals surface area contributed by atoms with Crippen molar-refractivity contribution in [3.63, 3.8) is 0 Å². The predicted octanol–water partition coefficient (Wildman–Crippen LogP) is 2.46. The number of carbonyl (C=O) groups excluding carboxylic acids is 5. The fourth-order valence-corrected chi connectivity index (χ4v) is 4.98. The number of nitrogens with two attached hydrogens (primary N) is 1. The number of hydroxylamine groups is 2. The van der Waals surface area contributed by atoms with Crippen molar-refractivity contribution in [1.82, 2.24) is 10.4 Å². The first-order chi connectivity index (χ1) is 21.5. The molecule has 3 atom stereocenters. The number of Topliss-reactive ketones (excluding diaryl/α,β-unsaturated/α-hetero) is 1. The number of urea groups is 1. The van der Waals surface area contributed by atoms with Crippen LogP contribution in [0.25, 0.3) is 0 Å². The highest BCUT2D eigenvalue weighted by Gasteiger charge is 2.55. The SMILES string of the molecule is CC(=O)[C@@H](C(=O)ON1C(=O)N[C@](Cc2ccccc2)(c2ccc(CN=N)cc2)C1=O)N(C(=O)[C@@H](N)CC(=O)O)c1ccccc1. The quantitative estimate of drug-likeness (QED) is 0.126. The Morgan fingerprint density at radius 1 is 0.978 bits per heavy atom. The Balaban J connectivity index is 1.71. The average Bonchev–Trinajstić information content (AvgIpc) is 3.25. The Morgan fingerprint density at radius 2 is 1.58 bits per heavy atom. The normalized spacial score (nSPS) is 17.2. The predicted molar refractivity (Wildman–Crippen MR) is 157 cm³/mol. The highest BCUT2D eigenvalue weighted by Crippen LogP contribution is 2.34. The van der Waals surface area contributed by atoms with Gasteiger partial charge in [0.25, 0.3) is 5.91 Å². The van der Waals surface area contributed by atoms with Gasteiger partial charge in [0.05, 0.1) is 19.0 Å². The number of benzene rings is 3. The van der Waals surface area contributed by atoms with E-state index >= 15 is 0 Å². The van der Waals surface area contributed by atoms with Gasteiger partial charge in [0, 0.05) is 12.1 Å². The number of hydrogen-bond acceptors (Lipinski definition) is 10. The number of para-hydroxylation sites is 1. The van der Waals surface area contributed by atoms with Crippen LogP contribution < -0.4 is 16.0 Å². The summed E-state index contributed by atoms with van der Waals surface area (Å²) in [6.07, 6.45) is -0.838. The van der Waals surface area contributed by atoms with Gasteiger partial charge in [-0.1, -0.05) is 77.9 Å². The fraction of sp³-hybridized carbons (Fsp3) is 0.226. The minimum atomic E-state index is -2.03. The van der Waals surface area contributed by atoms with Crippen molar-refractivity contribution >= 4 is 41.3 Å². The van der Waals surface area contributed by atoms with E-state index in [2.05, 4.69) is 10.4 Å². The van der Waals surface area contributed by atoms with Gasteiger partial charge in [-0.25, -0.2) is 15.1 Å². The lowest BCUT2D eigenvalue weighted by Crippen LogP contribution is -2.56. The molecule has 14 nitrogen and oxygen atoms in total. The summed E-state index contributed by atoms with van der Waals surface area (Å²) in [7, 11) is 0. The van der Waals surface area contributed by atoms with Crippen molar-refractivity contribution in [2.24, 2.45) is 10.8 Å². The number of amides is 4. The van der Waals surface area contributed by atoms with Gasteiger partial charge in [0.1, 0.15) is 0 Å². The number of carboxylic acids is 1. The lowest BCUT2D eigenvalue weighted by Gasteiger charge is -2.31. The van der Waals surface area contributed by atoms with Crippen molar-refractivity contribution in [2.45, 2.75) is 43.9 Å². The molecule has 0 spiro atoms. The minimum absolute atomic E-state index is 0.0237. The number of nitrogens with one attached hydrogen (secondary N) is 2. The topological polar surface area (TPSA) is 213 Å². The molecule has 4 rings (SSSR count). The molecule has 1 aliphatic heterocycles. The van der Waals surface area contributed by atoms with Crippen LogP contribution in [0.4, 0.5) is 10.5 Å². The zero-order valence-electron chi connectivity index (χ0n) is 24.1. The molecule has 5 N–H and O–H groups in total. The van der Waals surface area contributed by atoms with Crippen LogP contribution in [-0.2, 0) is 47.3 Å². The first kappa shape index (κ1) is 32.2. The highest BCUT2D eigenvalue weighted by atomic mass is 16.7. The van der Waals surface area contributed by atoms with Crippen molar-refractivity contribution in [3.8, 4) is 0 Å². The second-order valence-corrected chi connectivity index (χ2v) is 10.3. The Morgan fingerprint density at radius 3 is 2.13 bits per heavy atom. The van der Waals surface area contributed by atoms with Gasteiger partial charge in [-0.15, -0.1) is 0 Å². The maximum atomic E-state index is 14.1. The largest absolute Gasteiger partial charge is 0.481 e. The van der Waals surface area contributed by atoms with Gasteiger partial charge < -0.3 is 21.0 Å². The summed E-state index contributed by atoms with van der Waals surface area (Å²) in [6, 6.07) is 17.9. The summed E-state index contributed by atoms with van der Waals surface area (Å²) >= 11 is 0. The molecule has 45 heavy (non-hydrogen) atoms. The Labute approximate surface area is 257 Å². The molecular weight excluding hydrogens is 584 g/mol.